The topological polar surface area (TPSA) is 51.2 Å². The van der Waals surface area contributed by atoms with E-state index < -0.39 is 17.0 Å². The van der Waals surface area contributed by atoms with Crippen LogP contribution < -0.4 is 5.32 Å². The lowest BCUT2D eigenvalue weighted by Crippen LogP contribution is -2.32. The molecule has 1 atom stereocenters. The summed E-state index contributed by atoms with van der Waals surface area (Å²) in [4.78, 5) is 15.6. The predicted octanol–water partition coefficient (Wildman–Crippen LogP) is 3.12. The second-order valence-corrected chi connectivity index (χ2v) is 5.85. The van der Waals surface area contributed by atoms with Gasteiger partial charge in [-0.25, -0.2) is 4.98 Å². The van der Waals surface area contributed by atoms with Crippen LogP contribution in [-0.2, 0) is 15.7 Å². The summed E-state index contributed by atoms with van der Waals surface area (Å²) in [5.41, 5.74) is -0.801. The monoisotopic (exact) mass is 336 g/mol. The van der Waals surface area contributed by atoms with Gasteiger partial charge in [0.1, 0.15) is 0 Å². The average Bonchev–Trinajstić information content (AvgIpc) is 2.46. The quantitative estimate of drug-likeness (QED) is 0.585. The number of thioether (sulfide) groups is 1. The van der Waals surface area contributed by atoms with Crippen LogP contribution in [0.25, 0.3) is 0 Å². The summed E-state index contributed by atoms with van der Waals surface area (Å²) in [6.07, 6.45) is -2.91. The summed E-state index contributed by atoms with van der Waals surface area (Å²) in [5.74, 6) is -0.178. The molecule has 8 heteroatoms. The number of hydrogen-bond acceptors (Lipinski definition) is 4. The molecule has 0 radical (unpaired) electrons. The number of halogens is 3. The van der Waals surface area contributed by atoms with Crippen LogP contribution in [-0.4, -0.2) is 35.9 Å². The molecule has 0 fully saturated rings. The molecule has 0 aromatic carbocycles. The van der Waals surface area contributed by atoms with Crippen molar-refractivity contribution in [1.29, 1.82) is 0 Å². The first kappa shape index (κ1) is 18.8. The van der Waals surface area contributed by atoms with Crippen molar-refractivity contribution in [2.45, 2.75) is 36.7 Å². The van der Waals surface area contributed by atoms with Gasteiger partial charge in [-0.15, -0.1) is 0 Å². The van der Waals surface area contributed by atoms with Gasteiger partial charge >= 0.3 is 6.18 Å². The van der Waals surface area contributed by atoms with E-state index in [2.05, 4.69) is 10.3 Å². The molecule has 0 bridgehead atoms. The number of carbonyl (C=O) groups is 1. The van der Waals surface area contributed by atoms with Crippen molar-refractivity contribution in [3.63, 3.8) is 0 Å². The van der Waals surface area contributed by atoms with Gasteiger partial charge < -0.3 is 10.1 Å². The molecule has 1 rings (SSSR count). The van der Waals surface area contributed by atoms with E-state index in [1.54, 1.807) is 6.92 Å². The van der Waals surface area contributed by atoms with E-state index in [1.807, 2.05) is 6.92 Å². The third kappa shape index (κ3) is 6.65. The fourth-order valence-electron chi connectivity index (χ4n) is 1.53. The Morgan fingerprint density at radius 3 is 2.73 bits per heavy atom. The fourth-order valence-corrected chi connectivity index (χ4v) is 2.34. The molecule has 0 saturated carbocycles. The zero-order valence-electron chi connectivity index (χ0n) is 12.4. The van der Waals surface area contributed by atoms with Crippen LogP contribution in [0.15, 0.2) is 23.4 Å². The highest BCUT2D eigenvalue weighted by molar-refractivity contribution is 8.00. The Balaban J connectivity index is 2.40. The molecule has 1 aromatic rings. The predicted molar refractivity (Wildman–Crippen MR) is 78.7 cm³/mol. The van der Waals surface area contributed by atoms with E-state index in [0.717, 1.165) is 30.4 Å². The minimum absolute atomic E-state index is 0.178. The Labute approximate surface area is 131 Å². The molecule has 1 N–H and O–H groups in total. The SMILES string of the molecule is CCOCCCNC(=O)C(C)Sc1ccc(C(F)(F)F)cn1. The maximum absolute atomic E-state index is 12.4. The normalized spacial score (nSPS) is 13.0. The summed E-state index contributed by atoms with van der Waals surface area (Å²) in [6, 6.07) is 2.23. The maximum Gasteiger partial charge on any atom is 0.417 e. The van der Waals surface area contributed by atoms with E-state index in [0.29, 0.717) is 24.8 Å². The number of nitrogens with one attached hydrogen (secondary N) is 1. The minimum atomic E-state index is -4.40. The first-order chi connectivity index (χ1) is 10.3. The van der Waals surface area contributed by atoms with Crippen LogP contribution >= 0.6 is 11.8 Å². The summed E-state index contributed by atoms with van der Waals surface area (Å²) in [5, 5.41) is 2.70. The highest BCUT2D eigenvalue weighted by Crippen LogP contribution is 2.30. The molecule has 22 heavy (non-hydrogen) atoms. The smallest absolute Gasteiger partial charge is 0.382 e. The molecule has 0 aliphatic carbocycles. The Morgan fingerprint density at radius 2 is 2.18 bits per heavy atom. The standard InChI is InChI=1S/C14H19F3N2O2S/c1-3-21-8-4-7-18-13(20)10(2)22-12-6-5-11(9-19-12)14(15,16)17/h5-6,9-10H,3-4,7-8H2,1-2H3,(H,18,20). The molecule has 124 valence electrons. The van der Waals surface area contributed by atoms with E-state index in [-0.39, 0.29) is 5.91 Å². The van der Waals surface area contributed by atoms with Gasteiger partial charge in [-0.2, -0.15) is 13.2 Å². The molecule has 0 saturated heterocycles. The number of aromatic nitrogens is 1. The fraction of sp³-hybridized carbons (Fsp3) is 0.571. The molecule has 0 aliphatic heterocycles. The number of alkyl halides is 3. The third-order valence-electron chi connectivity index (χ3n) is 2.70. The van der Waals surface area contributed by atoms with Gasteiger partial charge in [0.25, 0.3) is 0 Å². The second kappa shape index (κ2) is 8.99. The van der Waals surface area contributed by atoms with Crippen LogP contribution in [0.4, 0.5) is 13.2 Å². The number of nitrogens with zero attached hydrogens (tertiary/aromatic N) is 1. The number of amides is 1. The van der Waals surface area contributed by atoms with Crippen molar-refractivity contribution in [2.75, 3.05) is 19.8 Å². The van der Waals surface area contributed by atoms with Gasteiger partial charge in [0.15, 0.2) is 0 Å². The van der Waals surface area contributed by atoms with E-state index in [9.17, 15) is 18.0 Å². The number of hydrogen-bond donors (Lipinski definition) is 1. The lowest BCUT2D eigenvalue weighted by atomic mass is 10.3. The Hall–Kier alpha value is -1.28. The number of pyridine rings is 1. The van der Waals surface area contributed by atoms with Crippen LogP contribution in [0.1, 0.15) is 25.8 Å². The molecule has 1 heterocycles. The van der Waals surface area contributed by atoms with Crippen LogP contribution in [0.3, 0.4) is 0 Å². The van der Waals surface area contributed by atoms with Gasteiger partial charge in [-0.05, 0) is 32.4 Å². The number of rotatable bonds is 8. The van der Waals surface area contributed by atoms with Crippen molar-refractivity contribution in [3.05, 3.63) is 23.9 Å². The minimum Gasteiger partial charge on any atom is -0.382 e. The molecular weight excluding hydrogens is 317 g/mol. The van der Waals surface area contributed by atoms with E-state index >= 15 is 0 Å². The Morgan fingerprint density at radius 1 is 1.45 bits per heavy atom. The number of ether oxygens (including phenoxy) is 1. The van der Waals surface area contributed by atoms with Crippen molar-refractivity contribution >= 4 is 17.7 Å². The molecule has 0 spiro atoms. The summed E-state index contributed by atoms with van der Waals surface area (Å²) in [6.45, 7) is 5.30. The molecule has 0 aliphatic rings. The highest BCUT2D eigenvalue weighted by Gasteiger charge is 2.30. The van der Waals surface area contributed by atoms with E-state index in [1.165, 1.54) is 6.07 Å². The Bertz CT molecular complexity index is 466. The van der Waals surface area contributed by atoms with Gasteiger partial charge in [-0.3, -0.25) is 4.79 Å². The molecule has 1 aromatic heterocycles. The summed E-state index contributed by atoms with van der Waals surface area (Å²) in [7, 11) is 0. The average molecular weight is 336 g/mol. The molecular formula is C14H19F3N2O2S. The zero-order chi connectivity index (χ0) is 16.6. The van der Waals surface area contributed by atoms with Gasteiger partial charge in [0, 0.05) is 26.0 Å². The third-order valence-corrected chi connectivity index (χ3v) is 3.75. The van der Waals surface area contributed by atoms with Crippen LogP contribution in [0.5, 0.6) is 0 Å². The van der Waals surface area contributed by atoms with Gasteiger partial charge in [-0.1, -0.05) is 11.8 Å². The highest BCUT2D eigenvalue weighted by atomic mass is 32.2. The summed E-state index contributed by atoms with van der Waals surface area (Å²) >= 11 is 1.12. The van der Waals surface area contributed by atoms with Crippen molar-refractivity contribution in [3.8, 4) is 0 Å². The number of carbonyl (C=O) groups excluding carboxylic acids is 1. The second-order valence-electron chi connectivity index (χ2n) is 4.48. The van der Waals surface area contributed by atoms with Gasteiger partial charge in [0.05, 0.1) is 15.8 Å². The van der Waals surface area contributed by atoms with Gasteiger partial charge in [0.2, 0.25) is 5.91 Å². The largest absolute Gasteiger partial charge is 0.417 e. The zero-order valence-corrected chi connectivity index (χ0v) is 13.3. The molecule has 1 unspecified atom stereocenters. The van der Waals surface area contributed by atoms with Crippen LogP contribution in [0.2, 0.25) is 0 Å². The van der Waals surface area contributed by atoms with Crippen LogP contribution in [0, 0.1) is 0 Å². The van der Waals surface area contributed by atoms with Crippen molar-refractivity contribution < 1.29 is 22.7 Å². The summed E-state index contributed by atoms with van der Waals surface area (Å²) < 4.78 is 42.4. The molecule has 1 amide bonds. The van der Waals surface area contributed by atoms with Crippen molar-refractivity contribution in [2.24, 2.45) is 0 Å². The lowest BCUT2D eigenvalue weighted by Gasteiger charge is -2.12. The first-order valence-electron chi connectivity index (χ1n) is 6.90. The molecule has 4 nitrogen and oxygen atoms in total. The first-order valence-corrected chi connectivity index (χ1v) is 7.78. The maximum atomic E-state index is 12.4. The van der Waals surface area contributed by atoms with E-state index in [4.69, 9.17) is 4.74 Å². The van der Waals surface area contributed by atoms with Crippen molar-refractivity contribution in [1.82, 2.24) is 10.3 Å². The lowest BCUT2D eigenvalue weighted by molar-refractivity contribution is -0.137. The Kier molecular flexibility index (Phi) is 7.67.